The van der Waals surface area contributed by atoms with Gasteiger partial charge in [0.15, 0.2) is 0 Å². The number of aromatic nitrogens is 1. The second-order valence-corrected chi connectivity index (χ2v) is 11.2. The van der Waals surface area contributed by atoms with Crippen molar-refractivity contribution >= 4 is 39.4 Å². The van der Waals surface area contributed by atoms with E-state index >= 15 is 0 Å². The topological polar surface area (TPSA) is 108 Å². The van der Waals surface area contributed by atoms with Gasteiger partial charge in [0.1, 0.15) is 23.0 Å². The first-order valence-electron chi connectivity index (χ1n) is 14.4. The van der Waals surface area contributed by atoms with Crippen LogP contribution in [0.4, 0.5) is 10.5 Å². The summed E-state index contributed by atoms with van der Waals surface area (Å²) in [6.07, 6.45) is 1.15. The molecule has 220 valence electrons. The van der Waals surface area contributed by atoms with Crippen LogP contribution in [0.25, 0.3) is 33.1 Å². The molecule has 0 bridgehead atoms. The van der Waals surface area contributed by atoms with Crippen LogP contribution in [-0.4, -0.2) is 70.7 Å². The van der Waals surface area contributed by atoms with Crippen molar-refractivity contribution in [2.45, 2.75) is 26.0 Å². The van der Waals surface area contributed by atoms with Gasteiger partial charge < -0.3 is 29.4 Å². The van der Waals surface area contributed by atoms with Crippen LogP contribution in [0.1, 0.15) is 24.2 Å². The summed E-state index contributed by atoms with van der Waals surface area (Å²) in [5.41, 5.74) is 2.37. The molecular weight excluding hydrogens is 544 g/mol. The van der Waals surface area contributed by atoms with Crippen molar-refractivity contribution in [3.05, 3.63) is 90.6 Å². The molecule has 1 aliphatic heterocycles. The number of anilines is 1. The summed E-state index contributed by atoms with van der Waals surface area (Å²) in [6.45, 7) is 4.17. The summed E-state index contributed by atoms with van der Waals surface area (Å²) in [4.78, 5) is 34.9. The number of para-hydroxylation sites is 1. The number of hydrogen-bond acceptors (Lipinski definition) is 6. The van der Waals surface area contributed by atoms with Crippen LogP contribution in [0.2, 0.25) is 0 Å². The molecule has 3 heterocycles. The molecule has 0 unspecified atom stereocenters. The van der Waals surface area contributed by atoms with E-state index in [0.717, 1.165) is 27.4 Å². The Morgan fingerprint density at radius 2 is 1.84 bits per heavy atom. The molecule has 0 aliphatic carbocycles. The van der Waals surface area contributed by atoms with Gasteiger partial charge in [-0.2, -0.15) is 0 Å². The Morgan fingerprint density at radius 3 is 2.63 bits per heavy atom. The zero-order valence-corrected chi connectivity index (χ0v) is 24.4. The Hall–Kier alpha value is -4.89. The van der Waals surface area contributed by atoms with E-state index in [-0.39, 0.29) is 42.5 Å². The number of nitrogens with zero attached hydrogens (tertiary/aromatic N) is 3. The Morgan fingerprint density at radius 1 is 1.09 bits per heavy atom. The number of fused-ring (bicyclic) bond motifs is 3. The molecule has 3 amide bonds. The molecule has 43 heavy (non-hydrogen) atoms. The van der Waals surface area contributed by atoms with Gasteiger partial charge in [-0.25, -0.2) is 9.78 Å². The molecule has 0 spiro atoms. The lowest BCUT2D eigenvalue weighted by atomic mass is 9.99. The summed E-state index contributed by atoms with van der Waals surface area (Å²) in [5, 5.41) is 16.0. The Kier molecular flexibility index (Phi) is 7.73. The summed E-state index contributed by atoms with van der Waals surface area (Å²) in [5.74, 6) is 0.312. The molecule has 2 N–H and O–H groups in total. The number of rotatable bonds is 6. The van der Waals surface area contributed by atoms with Crippen molar-refractivity contribution in [1.29, 1.82) is 0 Å². The number of pyridine rings is 1. The fraction of sp³-hybridized carbons (Fsp3) is 0.265. The van der Waals surface area contributed by atoms with Gasteiger partial charge in [0.2, 0.25) is 5.88 Å². The molecule has 0 fully saturated rings. The number of ether oxygens (including phenoxy) is 1. The first-order valence-corrected chi connectivity index (χ1v) is 14.4. The lowest BCUT2D eigenvalue weighted by Crippen LogP contribution is -2.50. The zero-order valence-electron chi connectivity index (χ0n) is 24.4. The van der Waals surface area contributed by atoms with Gasteiger partial charge >= 0.3 is 6.03 Å². The number of likely N-dealkylation sites (N-methyl/N-ethyl adjacent to an activating group) is 1. The van der Waals surface area contributed by atoms with Gasteiger partial charge in [-0.3, -0.25) is 4.79 Å². The monoisotopic (exact) mass is 578 g/mol. The normalized spacial score (nSPS) is 17.6. The predicted molar refractivity (Wildman–Crippen MR) is 166 cm³/mol. The average molecular weight is 579 g/mol. The van der Waals surface area contributed by atoms with Gasteiger partial charge in [0.05, 0.1) is 24.9 Å². The van der Waals surface area contributed by atoms with Crippen molar-refractivity contribution < 1.29 is 23.8 Å². The fourth-order valence-electron chi connectivity index (χ4n) is 5.48. The van der Waals surface area contributed by atoms with E-state index in [2.05, 4.69) is 10.3 Å². The van der Waals surface area contributed by atoms with Crippen LogP contribution < -0.4 is 10.1 Å². The lowest BCUT2D eigenvalue weighted by Gasteiger charge is -2.37. The highest BCUT2D eigenvalue weighted by atomic mass is 16.5. The molecule has 0 saturated heterocycles. The van der Waals surface area contributed by atoms with Crippen LogP contribution in [-0.2, 0) is 0 Å². The third-order valence-corrected chi connectivity index (χ3v) is 8.06. The van der Waals surface area contributed by atoms with Crippen molar-refractivity contribution in [2.24, 2.45) is 5.92 Å². The van der Waals surface area contributed by atoms with Gasteiger partial charge in [0, 0.05) is 42.0 Å². The summed E-state index contributed by atoms with van der Waals surface area (Å²) in [6, 6.07) is 24.3. The minimum Gasteiger partial charge on any atom is -0.472 e. The number of aliphatic hydroxyl groups excluding tert-OH is 1. The highest BCUT2D eigenvalue weighted by molar-refractivity contribution is 6.01. The summed E-state index contributed by atoms with van der Waals surface area (Å²) in [7, 11) is 1.72. The zero-order chi connectivity index (χ0) is 30.1. The largest absolute Gasteiger partial charge is 0.472 e. The van der Waals surface area contributed by atoms with E-state index < -0.39 is 12.1 Å². The van der Waals surface area contributed by atoms with Crippen molar-refractivity contribution in [3.8, 4) is 17.2 Å². The number of carbonyl (C=O) groups excluding carboxylic acids is 2. The SMILES string of the molecule is C[C@H](CO)N1C[C@H](C)[C@H](CN(C)C(=O)Nc2cccc3ccccc23)Oc2ncc(-c3cc4ccccc4o3)cc2C1=O. The van der Waals surface area contributed by atoms with E-state index in [1.54, 1.807) is 29.1 Å². The molecular formula is C34H34N4O5. The van der Waals surface area contributed by atoms with Crippen LogP contribution >= 0.6 is 0 Å². The number of urea groups is 1. The first kappa shape index (κ1) is 28.2. The summed E-state index contributed by atoms with van der Waals surface area (Å²) < 4.78 is 12.4. The molecule has 0 radical (unpaired) electrons. The van der Waals surface area contributed by atoms with Crippen LogP contribution in [0, 0.1) is 5.92 Å². The number of carbonyl (C=O) groups is 2. The molecule has 2 aromatic heterocycles. The van der Waals surface area contributed by atoms with E-state index in [1.165, 1.54) is 0 Å². The quantitative estimate of drug-likeness (QED) is 0.255. The Balaban J connectivity index is 1.28. The number of amides is 3. The molecule has 1 aliphatic rings. The lowest BCUT2D eigenvalue weighted by molar-refractivity contribution is 0.0356. The highest BCUT2D eigenvalue weighted by Gasteiger charge is 2.35. The summed E-state index contributed by atoms with van der Waals surface area (Å²) >= 11 is 0. The minimum absolute atomic E-state index is 0.171. The van der Waals surface area contributed by atoms with Crippen LogP contribution in [0.3, 0.4) is 0 Å². The van der Waals surface area contributed by atoms with Crippen molar-refractivity contribution in [2.75, 3.05) is 32.1 Å². The smallest absolute Gasteiger partial charge is 0.321 e. The fourth-order valence-corrected chi connectivity index (χ4v) is 5.48. The average Bonchev–Trinajstić information content (AvgIpc) is 3.47. The van der Waals surface area contributed by atoms with Crippen molar-refractivity contribution in [3.63, 3.8) is 0 Å². The number of benzene rings is 3. The highest BCUT2D eigenvalue weighted by Crippen LogP contribution is 2.33. The van der Waals surface area contributed by atoms with Crippen LogP contribution in [0.15, 0.2) is 89.5 Å². The van der Waals surface area contributed by atoms with Gasteiger partial charge in [0.25, 0.3) is 5.91 Å². The first-order chi connectivity index (χ1) is 20.8. The Bertz CT molecular complexity index is 1760. The van der Waals surface area contributed by atoms with Gasteiger partial charge in [-0.05, 0) is 36.6 Å². The van der Waals surface area contributed by atoms with E-state index in [0.29, 0.717) is 17.9 Å². The second-order valence-electron chi connectivity index (χ2n) is 11.2. The predicted octanol–water partition coefficient (Wildman–Crippen LogP) is 6.03. The van der Waals surface area contributed by atoms with Crippen LogP contribution in [0.5, 0.6) is 5.88 Å². The minimum atomic E-state index is -0.479. The maximum atomic E-state index is 13.8. The molecule has 0 saturated carbocycles. The van der Waals surface area contributed by atoms with E-state index in [9.17, 15) is 14.7 Å². The molecule has 3 atom stereocenters. The van der Waals surface area contributed by atoms with Gasteiger partial charge in [-0.1, -0.05) is 61.5 Å². The maximum Gasteiger partial charge on any atom is 0.321 e. The number of hydrogen-bond donors (Lipinski definition) is 2. The number of furan rings is 1. The maximum absolute atomic E-state index is 13.8. The molecule has 5 aromatic rings. The second kappa shape index (κ2) is 11.8. The van der Waals surface area contributed by atoms with E-state index in [1.807, 2.05) is 86.6 Å². The standard InChI is InChI=1S/C34H34N4O5/c1-21-18-38(22(2)20-39)33(40)27-15-25(30-16-24-10-5-7-14-29(24)42-30)17-35-32(27)43-31(21)19-37(3)34(41)36-28-13-8-11-23-9-4-6-12-26(23)28/h4-17,21-22,31,39H,18-20H2,1-3H3,(H,36,41)/t21-,22+,31-/m0/s1. The van der Waals surface area contributed by atoms with E-state index in [4.69, 9.17) is 9.15 Å². The number of aliphatic hydroxyl groups is 1. The third kappa shape index (κ3) is 5.63. The van der Waals surface area contributed by atoms with Gasteiger partial charge in [-0.15, -0.1) is 0 Å². The molecule has 3 aromatic carbocycles. The Labute approximate surface area is 249 Å². The molecule has 9 heteroatoms. The number of nitrogens with one attached hydrogen (secondary N) is 1. The molecule has 6 rings (SSSR count). The van der Waals surface area contributed by atoms with Crippen molar-refractivity contribution in [1.82, 2.24) is 14.8 Å². The third-order valence-electron chi connectivity index (χ3n) is 8.06. The molecule has 9 nitrogen and oxygen atoms in total.